The summed E-state index contributed by atoms with van der Waals surface area (Å²) in [6.45, 7) is 5.02. The first-order valence-corrected chi connectivity index (χ1v) is 7.94. The minimum absolute atomic E-state index is 0.694. The van der Waals surface area contributed by atoms with Crippen LogP contribution in [-0.4, -0.2) is 37.1 Å². The summed E-state index contributed by atoms with van der Waals surface area (Å²) in [6, 6.07) is 9.63. The molecule has 1 aliphatic heterocycles. The summed E-state index contributed by atoms with van der Waals surface area (Å²) in [5, 5.41) is 3.77. The SMILES string of the molecule is c1ccc2c(c1)CCC(NCCN1CCCCC1)C2. The van der Waals surface area contributed by atoms with E-state index in [0.717, 1.165) is 6.54 Å². The fourth-order valence-electron chi connectivity index (χ4n) is 3.48. The summed E-state index contributed by atoms with van der Waals surface area (Å²) >= 11 is 0. The second-order valence-electron chi connectivity index (χ2n) is 6.06. The number of nitrogens with one attached hydrogen (secondary N) is 1. The maximum Gasteiger partial charge on any atom is 0.0111 e. The quantitative estimate of drug-likeness (QED) is 0.893. The Kier molecular flexibility index (Phi) is 4.52. The van der Waals surface area contributed by atoms with Crippen LogP contribution in [0.2, 0.25) is 0 Å². The van der Waals surface area contributed by atoms with Crippen molar-refractivity contribution < 1.29 is 0 Å². The number of aryl methyl sites for hydroxylation is 1. The summed E-state index contributed by atoms with van der Waals surface area (Å²) in [4.78, 5) is 2.62. The van der Waals surface area contributed by atoms with Crippen LogP contribution in [0, 0.1) is 0 Å². The predicted octanol–water partition coefficient (Wildman–Crippen LogP) is 2.62. The van der Waals surface area contributed by atoms with Crippen molar-refractivity contribution in [2.24, 2.45) is 0 Å². The van der Waals surface area contributed by atoms with Crippen molar-refractivity contribution in [1.29, 1.82) is 0 Å². The zero-order chi connectivity index (χ0) is 12.9. The Hall–Kier alpha value is -0.860. The number of rotatable bonds is 4. The first kappa shape index (κ1) is 13.1. The minimum Gasteiger partial charge on any atom is -0.312 e. The lowest BCUT2D eigenvalue weighted by molar-refractivity contribution is 0.225. The fourth-order valence-corrected chi connectivity index (χ4v) is 3.48. The third kappa shape index (κ3) is 3.58. The minimum atomic E-state index is 0.694. The molecule has 3 rings (SSSR count). The van der Waals surface area contributed by atoms with E-state index in [0.29, 0.717) is 6.04 Å². The zero-order valence-corrected chi connectivity index (χ0v) is 11.9. The Morgan fingerprint density at radius 2 is 1.84 bits per heavy atom. The molecule has 0 amide bonds. The van der Waals surface area contributed by atoms with E-state index in [4.69, 9.17) is 0 Å². The molecule has 2 nitrogen and oxygen atoms in total. The van der Waals surface area contributed by atoms with Gasteiger partial charge in [0.25, 0.3) is 0 Å². The smallest absolute Gasteiger partial charge is 0.0111 e. The van der Waals surface area contributed by atoms with E-state index >= 15 is 0 Å². The van der Waals surface area contributed by atoms with E-state index in [2.05, 4.69) is 34.5 Å². The number of nitrogens with zero attached hydrogens (tertiary/aromatic N) is 1. The Bertz CT molecular complexity index is 396. The molecule has 1 aromatic carbocycles. The number of benzene rings is 1. The fraction of sp³-hybridized carbons (Fsp3) is 0.647. The Morgan fingerprint density at radius 1 is 1.05 bits per heavy atom. The third-order valence-electron chi connectivity index (χ3n) is 4.66. The second kappa shape index (κ2) is 6.53. The molecular weight excluding hydrogens is 232 g/mol. The molecule has 0 spiro atoms. The van der Waals surface area contributed by atoms with Gasteiger partial charge in [0.1, 0.15) is 0 Å². The monoisotopic (exact) mass is 258 g/mol. The van der Waals surface area contributed by atoms with E-state index in [-0.39, 0.29) is 0 Å². The lowest BCUT2D eigenvalue weighted by atomic mass is 9.88. The average molecular weight is 258 g/mol. The molecule has 104 valence electrons. The van der Waals surface area contributed by atoms with Crippen LogP contribution >= 0.6 is 0 Å². The molecule has 1 N–H and O–H groups in total. The molecule has 1 unspecified atom stereocenters. The van der Waals surface area contributed by atoms with Gasteiger partial charge in [0.2, 0.25) is 0 Å². The molecule has 1 aromatic rings. The number of hydrogen-bond donors (Lipinski definition) is 1. The van der Waals surface area contributed by atoms with E-state index < -0.39 is 0 Å². The summed E-state index contributed by atoms with van der Waals surface area (Å²) in [6.07, 6.45) is 8.00. The standard InChI is InChI=1S/C17H26N2/c1-4-11-19(12-5-1)13-10-18-17-9-8-15-6-2-3-7-16(15)14-17/h2-3,6-7,17-18H,1,4-5,8-14H2. The van der Waals surface area contributed by atoms with Crippen molar-refractivity contribution in [2.45, 2.75) is 44.6 Å². The molecule has 0 bridgehead atoms. The Balaban J connectivity index is 1.42. The van der Waals surface area contributed by atoms with Crippen LogP contribution < -0.4 is 5.32 Å². The highest BCUT2D eigenvalue weighted by atomic mass is 15.1. The number of hydrogen-bond acceptors (Lipinski definition) is 2. The van der Waals surface area contributed by atoms with E-state index in [9.17, 15) is 0 Å². The molecule has 2 heteroatoms. The molecule has 19 heavy (non-hydrogen) atoms. The highest BCUT2D eigenvalue weighted by Crippen LogP contribution is 2.20. The second-order valence-corrected chi connectivity index (χ2v) is 6.06. The van der Waals surface area contributed by atoms with Crippen molar-refractivity contribution in [3.05, 3.63) is 35.4 Å². The van der Waals surface area contributed by atoms with E-state index in [1.54, 1.807) is 11.1 Å². The van der Waals surface area contributed by atoms with Gasteiger partial charge in [-0.1, -0.05) is 30.7 Å². The van der Waals surface area contributed by atoms with Crippen molar-refractivity contribution in [1.82, 2.24) is 10.2 Å². The normalized spacial score (nSPS) is 24.1. The topological polar surface area (TPSA) is 15.3 Å². The van der Waals surface area contributed by atoms with Gasteiger partial charge in [-0.05, 0) is 56.3 Å². The van der Waals surface area contributed by atoms with Gasteiger partial charge in [-0.15, -0.1) is 0 Å². The van der Waals surface area contributed by atoms with Gasteiger partial charge in [0.15, 0.2) is 0 Å². The van der Waals surface area contributed by atoms with Crippen LogP contribution in [0.15, 0.2) is 24.3 Å². The van der Waals surface area contributed by atoms with Gasteiger partial charge in [0, 0.05) is 19.1 Å². The van der Waals surface area contributed by atoms with Gasteiger partial charge in [-0.2, -0.15) is 0 Å². The van der Waals surface area contributed by atoms with Crippen LogP contribution in [0.1, 0.15) is 36.8 Å². The van der Waals surface area contributed by atoms with E-state index in [1.165, 1.54) is 58.2 Å². The lowest BCUT2D eigenvalue weighted by Crippen LogP contribution is -2.41. The Morgan fingerprint density at radius 3 is 2.68 bits per heavy atom. The molecule has 1 atom stereocenters. The lowest BCUT2D eigenvalue weighted by Gasteiger charge is -2.29. The summed E-state index contributed by atoms with van der Waals surface area (Å²) < 4.78 is 0. The van der Waals surface area contributed by atoms with Gasteiger partial charge < -0.3 is 10.2 Å². The van der Waals surface area contributed by atoms with Crippen LogP contribution in [-0.2, 0) is 12.8 Å². The zero-order valence-electron chi connectivity index (χ0n) is 11.9. The van der Waals surface area contributed by atoms with Crippen molar-refractivity contribution >= 4 is 0 Å². The van der Waals surface area contributed by atoms with Gasteiger partial charge in [-0.3, -0.25) is 0 Å². The number of piperidine rings is 1. The summed E-state index contributed by atoms with van der Waals surface area (Å²) in [5.41, 5.74) is 3.13. The number of fused-ring (bicyclic) bond motifs is 1. The average Bonchev–Trinajstić information content (AvgIpc) is 2.48. The maximum absolute atomic E-state index is 3.77. The number of likely N-dealkylation sites (tertiary alicyclic amines) is 1. The van der Waals surface area contributed by atoms with Crippen molar-refractivity contribution in [3.8, 4) is 0 Å². The van der Waals surface area contributed by atoms with Crippen molar-refractivity contribution in [2.75, 3.05) is 26.2 Å². The van der Waals surface area contributed by atoms with Crippen LogP contribution in [0.3, 0.4) is 0 Å². The third-order valence-corrected chi connectivity index (χ3v) is 4.66. The van der Waals surface area contributed by atoms with Crippen molar-refractivity contribution in [3.63, 3.8) is 0 Å². The molecule has 0 saturated carbocycles. The first-order chi connectivity index (χ1) is 9.42. The highest BCUT2D eigenvalue weighted by molar-refractivity contribution is 5.30. The first-order valence-electron chi connectivity index (χ1n) is 7.94. The molecule has 2 aliphatic rings. The van der Waals surface area contributed by atoms with Crippen LogP contribution in [0.25, 0.3) is 0 Å². The van der Waals surface area contributed by atoms with Gasteiger partial charge >= 0.3 is 0 Å². The summed E-state index contributed by atoms with van der Waals surface area (Å²) in [7, 11) is 0. The van der Waals surface area contributed by atoms with Crippen LogP contribution in [0.4, 0.5) is 0 Å². The Labute approximate surface area is 117 Å². The molecule has 0 aromatic heterocycles. The maximum atomic E-state index is 3.77. The molecule has 1 heterocycles. The van der Waals surface area contributed by atoms with Gasteiger partial charge in [-0.25, -0.2) is 0 Å². The predicted molar refractivity (Wildman–Crippen MR) is 80.5 cm³/mol. The van der Waals surface area contributed by atoms with Crippen LogP contribution in [0.5, 0.6) is 0 Å². The molecule has 1 saturated heterocycles. The molecule has 1 fully saturated rings. The molecule has 1 aliphatic carbocycles. The largest absolute Gasteiger partial charge is 0.312 e. The highest BCUT2D eigenvalue weighted by Gasteiger charge is 2.17. The van der Waals surface area contributed by atoms with E-state index in [1.807, 2.05) is 0 Å². The van der Waals surface area contributed by atoms with Gasteiger partial charge in [0.05, 0.1) is 0 Å². The summed E-state index contributed by atoms with van der Waals surface area (Å²) in [5.74, 6) is 0. The molecule has 0 radical (unpaired) electrons. The molecular formula is C17H26N2.